The van der Waals surface area contributed by atoms with Crippen LogP contribution in [-0.4, -0.2) is 46.6 Å². The molecule has 0 radical (unpaired) electrons. The fourth-order valence-electron chi connectivity index (χ4n) is 2.47. The number of nitrogens with one attached hydrogen (secondary N) is 2. The Hall–Kier alpha value is -2.38. The molecule has 0 aliphatic carbocycles. The lowest BCUT2D eigenvalue weighted by molar-refractivity contribution is -0.00295. The van der Waals surface area contributed by atoms with Gasteiger partial charge in [0, 0.05) is 12.6 Å². The number of aromatic amines is 1. The van der Waals surface area contributed by atoms with Crippen molar-refractivity contribution in [3.8, 4) is 5.75 Å². The predicted molar refractivity (Wildman–Crippen MR) is 82.1 cm³/mol. The Morgan fingerprint density at radius 1 is 1.39 bits per heavy atom. The molecule has 23 heavy (non-hydrogen) atoms. The van der Waals surface area contributed by atoms with E-state index in [1.807, 2.05) is 24.3 Å². The molecule has 1 aliphatic rings. The molecular weight excluding hydrogens is 298 g/mol. The van der Waals surface area contributed by atoms with Crippen molar-refractivity contribution >= 4 is 5.91 Å². The third-order valence-electron chi connectivity index (χ3n) is 3.75. The van der Waals surface area contributed by atoms with E-state index in [9.17, 15) is 4.79 Å². The number of aliphatic hydroxyl groups excluding tert-OH is 1. The number of amides is 1. The average molecular weight is 317 g/mol. The van der Waals surface area contributed by atoms with Crippen LogP contribution in [0.15, 0.2) is 36.5 Å². The third kappa shape index (κ3) is 3.88. The minimum absolute atomic E-state index is 0.000410. The van der Waals surface area contributed by atoms with Gasteiger partial charge in [0.1, 0.15) is 17.5 Å². The summed E-state index contributed by atoms with van der Waals surface area (Å²) in [7, 11) is 0. The zero-order valence-corrected chi connectivity index (χ0v) is 12.6. The minimum atomic E-state index is -0.239. The maximum absolute atomic E-state index is 12.1. The maximum atomic E-state index is 12.1. The van der Waals surface area contributed by atoms with Crippen LogP contribution < -0.4 is 10.1 Å². The number of rotatable bonds is 5. The van der Waals surface area contributed by atoms with Gasteiger partial charge in [0.25, 0.3) is 5.91 Å². The molecule has 0 unspecified atom stereocenters. The highest BCUT2D eigenvalue weighted by Crippen LogP contribution is 2.19. The normalized spacial score (nSPS) is 20.9. The van der Waals surface area contributed by atoms with Gasteiger partial charge < -0.3 is 19.9 Å². The number of hydrogen-bond acceptors (Lipinski definition) is 5. The SMILES string of the molecule is O=C(N[C@@H]1COCC[C@H]1Oc1ccc(CO)cc1)c1ccn[nH]1. The summed E-state index contributed by atoms with van der Waals surface area (Å²) < 4.78 is 11.4. The average Bonchev–Trinajstić information content (AvgIpc) is 3.12. The van der Waals surface area contributed by atoms with Gasteiger partial charge in [-0.3, -0.25) is 9.89 Å². The van der Waals surface area contributed by atoms with Gasteiger partial charge in [0.15, 0.2) is 0 Å². The van der Waals surface area contributed by atoms with Gasteiger partial charge >= 0.3 is 0 Å². The lowest BCUT2D eigenvalue weighted by Gasteiger charge is -2.32. The molecule has 3 N–H and O–H groups in total. The first-order valence-electron chi connectivity index (χ1n) is 7.50. The molecule has 0 saturated carbocycles. The van der Waals surface area contributed by atoms with Crippen LogP contribution in [0.3, 0.4) is 0 Å². The summed E-state index contributed by atoms with van der Waals surface area (Å²) in [5, 5.41) is 18.4. The van der Waals surface area contributed by atoms with Crippen molar-refractivity contribution in [3.63, 3.8) is 0 Å². The number of carbonyl (C=O) groups excluding carboxylic acids is 1. The first-order chi connectivity index (χ1) is 11.3. The molecule has 7 nitrogen and oxygen atoms in total. The van der Waals surface area contributed by atoms with Crippen LogP contribution in [-0.2, 0) is 11.3 Å². The van der Waals surface area contributed by atoms with Gasteiger partial charge in [-0.05, 0) is 23.8 Å². The number of ether oxygens (including phenoxy) is 2. The van der Waals surface area contributed by atoms with Gasteiger partial charge in [0.2, 0.25) is 0 Å². The van der Waals surface area contributed by atoms with E-state index in [4.69, 9.17) is 14.6 Å². The Morgan fingerprint density at radius 3 is 2.91 bits per heavy atom. The van der Waals surface area contributed by atoms with Crippen molar-refractivity contribution in [1.82, 2.24) is 15.5 Å². The van der Waals surface area contributed by atoms with E-state index in [1.165, 1.54) is 6.20 Å². The molecule has 2 atom stereocenters. The summed E-state index contributed by atoms with van der Waals surface area (Å²) in [6, 6.07) is 8.63. The second kappa shape index (κ2) is 7.26. The van der Waals surface area contributed by atoms with Crippen LogP contribution in [0.5, 0.6) is 5.75 Å². The summed E-state index contributed by atoms with van der Waals surface area (Å²) in [6.07, 6.45) is 2.05. The Morgan fingerprint density at radius 2 is 2.22 bits per heavy atom. The number of benzene rings is 1. The molecular formula is C16H19N3O4. The maximum Gasteiger partial charge on any atom is 0.269 e. The van der Waals surface area contributed by atoms with Crippen molar-refractivity contribution in [3.05, 3.63) is 47.8 Å². The first kappa shape index (κ1) is 15.5. The van der Waals surface area contributed by atoms with E-state index in [0.717, 1.165) is 5.56 Å². The molecule has 1 aliphatic heterocycles. The van der Waals surface area contributed by atoms with Crippen molar-refractivity contribution in [2.75, 3.05) is 13.2 Å². The molecule has 122 valence electrons. The molecule has 3 rings (SSSR count). The lowest BCUT2D eigenvalue weighted by Crippen LogP contribution is -2.51. The zero-order chi connectivity index (χ0) is 16.1. The van der Waals surface area contributed by atoms with E-state index in [1.54, 1.807) is 6.07 Å². The van der Waals surface area contributed by atoms with Crippen LogP contribution in [0.25, 0.3) is 0 Å². The molecule has 1 fully saturated rings. The standard InChI is InChI=1S/C16H19N3O4/c20-9-11-1-3-12(4-2-11)23-15-6-8-22-10-14(15)18-16(21)13-5-7-17-19-13/h1-5,7,14-15,20H,6,8-10H2,(H,17,19)(H,18,21)/t14-,15-/m1/s1. The number of carbonyl (C=O) groups is 1. The second-order valence-electron chi connectivity index (χ2n) is 5.37. The van der Waals surface area contributed by atoms with E-state index in [2.05, 4.69) is 15.5 Å². The highest BCUT2D eigenvalue weighted by atomic mass is 16.5. The van der Waals surface area contributed by atoms with Crippen molar-refractivity contribution in [2.45, 2.75) is 25.2 Å². The summed E-state index contributed by atoms with van der Waals surface area (Å²) in [5.74, 6) is 0.470. The smallest absolute Gasteiger partial charge is 0.269 e. The van der Waals surface area contributed by atoms with Gasteiger partial charge in [-0.25, -0.2) is 0 Å². The van der Waals surface area contributed by atoms with Crippen molar-refractivity contribution in [2.24, 2.45) is 0 Å². The zero-order valence-electron chi connectivity index (χ0n) is 12.6. The van der Waals surface area contributed by atoms with Gasteiger partial charge in [0.05, 0.1) is 25.9 Å². The molecule has 2 heterocycles. The molecule has 1 aromatic heterocycles. The lowest BCUT2D eigenvalue weighted by atomic mass is 10.1. The van der Waals surface area contributed by atoms with Gasteiger partial charge in [-0.2, -0.15) is 5.10 Å². The fourth-order valence-corrected chi connectivity index (χ4v) is 2.47. The Balaban J connectivity index is 1.64. The van der Waals surface area contributed by atoms with Gasteiger partial charge in [-0.1, -0.05) is 12.1 Å². The monoisotopic (exact) mass is 317 g/mol. The van der Waals surface area contributed by atoms with Crippen LogP contribution in [0, 0.1) is 0 Å². The van der Waals surface area contributed by atoms with Crippen LogP contribution in [0.1, 0.15) is 22.5 Å². The molecule has 1 amide bonds. The summed E-state index contributed by atoms with van der Waals surface area (Å²) in [5.41, 5.74) is 1.23. The van der Waals surface area contributed by atoms with Crippen molar-refractivity contribution < 1.29 is 19.4 Å². The Kier molecular flexibility index (Phi) is 4.89. The molecule has 0 bridgehead atoms. The molecule has 2 aromatic rings. The fraction of sp³-hybridized carbons (Fsp3) is 0.375. The number of H-pyrrole nitrogens is 1. The Bertz CT molecular complexity index is 627. The van der Waals surface area contributed by atoms with Crippen molar-refractivity contribution in [1.29, 1.82) is 0 Å². The first-order valence-corrected chi connectivity index (χ1v) is 7.50. The Labute approximate surface area is 133 Å². The van der Waals surface area contributed by atoms with Crippen LogP contribution >= 0.6 is 0 Å². The highest BCUT2D eigenvalue weighted by Gasteiger charge is 2.29. The minimum Gasteiger partial charge on any atom is -0.488 e. The highest BCUT2D eigenvalue weighted by molar-refractivity contribution is 5.92. The van der Waals surface area contributed by atoms with E-state index < -0.39 is 0 Å². The summed E-state index contributed by atoms with van der Waals surface area (Å²) in [4.78, 5) is 12.1. The van der Waals surface area contributed by atoms with E-state index >= 15 is 0 Å². The number of aliphatic hydroxyl groups is 1. The number of nitrogens with zero attached hydrogens (tertiary/aromatic N) is 1. The number of hydrogen-bond donors (Lipinski definition) is 3. The quantitative estimate of drug-likeness (QED) is 0.760. The van der Waals surface area contributed by atoms with Gasteiger partial charge in [-0.15, -0.1) is 0 Å². The van der Waals surface area contributed by atoms with E-state index in [0.29, 0.717) is 31.1 Å². The second-order valence-corrected chi connectivity index (χ2v) is 5.37. The third-order valence-corrected chi connectivity index (χ3v) is 3.75. The topological polar surface area (TPSA) is 96.5 Å². The summed E-state index contributed by atoms with van der Waals surface area (Å²) in [6.45, 7) is 0.996. The largest absolute Gasteiger partial charge is 0.488 e. The molecule has 1 aromatic carbocycles. The number of aromatic nitrogens is 2. The van der Waals surface area contributed by atoms with Crippen LogP contribution in [0.4, 0.5) is 0 Å². The summed E-state index contributed by atoms with van der Waals surface area (Å²) >= 11 is 0. The molecule has 0 spiro atoms. The predicted octanol–water partition coefficient (Wildman–Crippen LogP) is 0.868. The molecule has 1 saturated heterocycles. The van der Waals surface area contributed by atoms with Crippen LogP contribution in [0.2, 0.25) is 0 Å². The molecule has 7 heteroatoms. The van der Waals surface area contributed by atoms with E-state index in [-0.39, 0.29) is 24.7 Å².